The summed E-state index contributed by atoms with van der Waals surface area (Å²) in [5.41, 5.74) is 2.61. The Hall–Kier alpha value is -5.50. The van der Waals surface area contributed by atoms with Crippen LogP contribution in [-0.2, 0) is 21.8 Å². The zero-order valence-corrected chi connectivity index (χ0v) is 26.7. The lowest BCUT2D eigenvalue weighted by Gasteiger charge is -2.15. The zero-order valence-electron chi connectivity index (χ0n) is 25.9. The Morgan fingerprint density at radius 1 is 1.04 bits per heavy atom. The number of benzene rings is 4. The molecule has 0 spiro atoms. The molecular formula is C33H32N6O7S. The summed E-state index contributed by atoms with van der Waals surface area (Å²) in [5.74, 6) is -0.909. The molecule has 0 saturated carbocycles. The highest BCUT2D eigenvalue weighted by molar-refractivity contribution is 7.98. The molecule has 14 heteroatoms. The topological polar surface area (TPSA) is 172 Å². The highest BCUT2D eigenvalue weighted by Gasteiger charge is 2.23. The zero-order chi connectivity index (χ0) is 33.5. The minimum Gasteiger partial charge on any atom is -0.506 e. The summed E-state index contributed by atoms with van der Waals surface area (Å²) < 4.78 is 12.6. The summed E-state index contributed by atoms with van der Waals surface area (Å²) in [7, 11) is 0. The van der Waals surface area contributed by atoms with Gasteiger partial charge >= 0.3 is 11.7 Å². The lowest BCUT2D eigenvalue weighted by Crippen LogP contribution is -2.16. The number of esters is 1. The van der Waals surface area contributed by atoms with E-state index in [4.69, 9.17) is 9.47 Å². The Morgan fingerprint density at radius 2 is 1.83 bits per heavy atom. The highest BCUT2D eigenvalue weighted by Crippen LogP contribution is 2.41. The first-order chi connectivity index (χ1) is 22.6. The monoisotopic (exact) mass is 656 g/mol. The van der Waals surface area contributed by atoms with E-state index < -0.39 is 16.8 Å². The number of phenolic OH excluding ortho intramolecular Hbond substituents is 1. The lowest BCUT2D eigenvalue weighted by molar-refractivity contribution is -0.385. The molecule has 0 unspecified atom stereocenters. The fourth-order valence-corrected chi connectivity index (χ4v) is 5.51. The maximum absolute atomic E-state index is 13.4. The standard InChI is InChI=1S/C33H32N6O7S/c1-4-5-14-45-30(40)18-38-33(35-36-37-38)47-19-22-12-13-28(27(16-22)39(43)44)46-29-17-25(31(41)24-9-7-6-8-23(24)29)32(42)34-26-15-20(2)10-11-21(26)3/h6-13,15-17,41H,4-5,14,18-19H2,1-3H3,(H,34,42). The molecule has 47 heavy (non-hydrogen) atoms. The van der Waals surface area contributed by atoms with E-state index in [0.717, 1.165) is 24.0 Å². The summed E-state index contributed by atoms with van der Waals surface area (Å²) in [4.78, 5) is 37.1. The first kappa shape index (κ1) is 32.9. The van der Waals surface area contributed by atoms with Crippen molar-refractivity contribution in [3.8, 4) is 17.2 Å². The van der Waals surface area contributed by atoms with Crippen molar-refractivity contribution in [3.05, 3.63) is 99.1 Å². The Kier molecular flexibility index (Phi) is 10.3. The number of nitro benzene ring substituents is 1. The lowest BCUT2D eigenvalue weighted by atomic mass is 10.0. The van der Waals surface area contributed by atoms with Gasteiger partial charge in [0.25, 0.3) is 5.91 Å². The number of unbranched alkanes of at least 4 members (excludes halogenated alkanes) is 1. The van der Waals surface area contributed by atoms with Gasteiger partial charge in [0, 0.05) is 28.3 Å². The van der Waals surface area contributed by atoms with Crippen LogP contribution in [0.5, 0.6) is 17.2 Å². The van der Waals surface area contributed by atoms with Crippen LogP contribution in [0.1, 0.15) is 46.8 Å². The number of ether oxygens (including phenoxy) is 2. The van der Waals surface area contributed by atoms with Crippen LogP contribution in [0.4, 0.5) is 11.4 Å². The number of aryl methyl sites for hydroxylation is 2. The summed E-state index contributed by atoms with van der Waals surface area (Å²) in [6.07, 6.45) is 1.65. The van der Waals surface area contributed by atoms with Gasteiger partial charge in [-0.1, -0.05) is 67.6 Å². The first-order valence-corrected chi connectivity index (χ1v) is 15.8. The summed E-state index contributed by atoms with van der Waals surface area (Å²) in [6.45, 7) is 5.92. The van der Waals surface area contributed by atoms with Gasteiger partial charge in [-0.05, 0) is 65.6 Å². The number of nitrogens with one attached hydrogen (secondary N) is 1. The highest BCUT2D eigenvalue weighted by atomic mass is 32.2. The van der Waals surface area contributed by atoms with Gasteiger partial charge in [-0.25, -0.2) is 4.68 Å². The van der Waals surface area contributed by atoms with Crippen molar-refractivity contribution in [2.75, 3.05) is 11.9 Å². The summed E-state index contributed by atoms with van der Waals surface area (Å²) in [5, 5.41) is 38.7. The maximum atomic E-state index is 13.4. The van der Waals surface area contributed by atoms with Gasteiger partial charge in [-0.3, -0.25) is 19.7 Å². The van der Waals surface area contributed by atoms with Gasteiger partial charge in [0.05, 0.1) is 17.1 Å². The quantitative estimate of drug-likeness (QED) is 0.0452. The van der Waals surface area contributed by atoms with E-state index in [-0.39, 0.29) is 40.8 Å². The molecule has 5 aromatic rings. The fourth-order valence-electron chi connectivity index (χ4n) is 4.69. The molecule has 0 saturated heterocycles. The van der Waals surface area contributed by atoms with Crippen LogP contribution < -0.4 is 10.1 Å². The van der Waals surface area contributed by atoms with Crippen molar-refractivity contribution >= 4 is 45.8 Å². The van der Waals surface area contributed by atoms with E-state index in [0.29, 0.717) is 33.8 Å². The first-order valence-electron chi connectivity index (χ1n) is 14.8. The Labute approximate surface area is 274 Å². The number of anilines is 1. The van der Waals surface area contributed by atoms with Crippen LogP contribution >= 0.6 is 11.8 Å². The minimum atomic E-state index is -0.565. The number of carbonyl (C=O) groups is 2. The van der Waals surface area contributed by atoms with Crippen LogP contribution in [0.25, 0.3) is 10.8 Å². The SMILES string of the molecule is CCCCOC(=O)Cn1nnnc1SCc1ccc(Oc2cc(C(=O)Nc3cc(C)ccc3C)c(O)c3ccccc23)c([N+](=O)[O-])c1. The molecule has 0 bridgehead atoms. The number of aromatic nitrogens is 4. The average molecular weight is 657 g/mol. The molecule has 5 rings (SSSR count). The number of thioether (sulfide) groups is 1. The van der Waals surface area contributed by atoms with E-state index in [9.17, 15) is 24.8 Å². The van der Waals surface area contributed by atoms with E-state index in [2.05, 4.69) is 20.8 Å². The molecule has 0 aliphatic rings. The van der Waals surface area contributed by atoms with E-state index in [1.165, 1.54) is 34.6 Å². The van der Waals surface area contributed by atoms with Gasteiger partial charge in [0.15, 0.2) is 0 Å². The van der Waals surface area contributed by atoms with Gasteiger partial charge < -0.3 is 19.9 Å². The maximum Gasteiger partial charge on any atom is 0.327 e. The van der Waals surface area contributed by atoms with Crippen LogP contribution in [0.15, 0.2) is 71.9 Å². The molecule has 1 heterocycles. The molecule has 0 fully saturated rings. The number of nitro groups is 1. The molecule has 2 N–H and O–H groups in total. The van der Waals surface area contributed by atoms with Crippen molar-refractivity contribution < 1.29 is 29.1 Å². The number of hydrogen-bond acceptors (Lipinski definition) is 11. The number of carbonyl (C=O) groups excluding carboxylic acids is 2. The Morgan fingerprint density at radius 3 is 2.60 bits per heavy atom. The molecule has 0 aliphatic carbocycles. The number of rotatable bonds is 13. The van der Waals surface area contributed by atoms with Crippen molar-refractivity contribution in [1.29, 1.82) is 0 Å². The molecule has 4 aromatic carbocycles. The van der Waals surface area contributed by atoms with E-state index >= 15 is 0 Å². The number of hydrogen-bond donors (Lipinski definition) is 2. The molecule has 13 nitrogen and oxygen atoms in total. The number of fused-ring (bicyclic) bond motifs is 1. The predicted molar refractivity (Wildman–Crippen MR) is 176 cm³/mol. The smallest absolute Gasteiger partial charge is 0.327 e. The third kappa shape index (κ3) is 7.84. The van der Waals surface area contributed by atoms with Gasteiger partial charge in [0.1, 0.15) is 18.0 Å². The second kappa shape index (κ2) is 14.7. The Bertz CT molecular complexity index is 1960. The van der Waals surface area contributed by atoms with Crippen molar-refractivity contribution in [2.24, 2.45) is 0 Å². The molecule has 1 amide bonds. The number of amides is 1. The fraction of sp³-hybridized carbons (Fsp3) is 0.242. The van der Waals surface area contributed by atoms with E-state index in [1.807, 2.05) is 39.0 Å². The van der Waals surface area contributed by atoms with Crippen LogP contribution in [0.2, 0.25) is 0 Å². The average Bonchev–Trinajstić information content (AvgIpc) is 3.50. The minimum absolute atomic E-state index is 0.0535. The normalized spacial score (nSPS) is 11.0. The van der Waals surface area contributed by atoms with E-state index in [1.54, 1.807) is 30.3 Å². The molecule has 0 radical (unpaired) electrons. The number of aromatic hydroxyl groups is 1. The summed E-state index contributed by atoms with van der Waals surface area (Å²) >= 11 is 1.20. The third-order valence-corrected chi connectivity index (χ3v) is 8.24. The molecular weight excluding hydrogens is 624 g/mol. The second-order valence-electron chi connectivity index (χ2n) is 10.7. The largest absolute Gasteiger partial charge is 0.506 e. The Balaban J connectivity index is 1.38. The van der Waals surface area contributed by atoms with Crippen molar-refractivity contribution in [1.82, 2.24) is 20.2 Å². The number of tetrazole rings is 1. The third-order valence-electron chi connectivity index (χ3n) is 7.21. The van der Waals surface area contributed by atoms with Crippen molar-refractivity contribution in [3.63, 3.8) is 0 Å². The van der Waals surface area contributed by atoms with Crippen LogP contribution in [-0.4, -0.2) is 48.7 Å². The second-order valence-corrected chi connectivity index (χ2v) is 11.7. The predicted octanol–water partition coefficient (Wildman–Crippen LogP) is 6.74. The number of nitrogens with zero attached hydrogens (tertiary/aromatic N) is 5. The van der Waals surface area contributed by atoms with Gasteiger partial charge in [-0.2, -0.15) is 0 Å². The van der Waals surface area contributed by atoms with Crippen molar-refractivity contribution in [2.45, 2.75) is 51.1 Å². The summed E-state index contributed by atoms with van der Waals surface area (Å²) in [6, 6.07) is 18.3. The molecule has 0 atom stereocenters. The molecule has 0 aliphatic heterocycles. The van der Waals surface area contributed by atoms with Gasteiger partial charge in [-0.15, -0.1) is 5.10 Å². The molecule has 242 valence electrons. The van der Waals surface area contributed by atoms with Crippen LogP contribution in [0.3, 0.4) is 0 Å². The molecule has 1 aromatic heterocycles. The number of phenols is 1. The van der Waals surface area contributed by atoms with Gasteiger partial charge in [0.2, 0.25) is 10.9 Å². The van der Waals surface area contributed by atoms with Crippen LogP contribution in [0, 0.1) is 24.0 Å².